The maximum Gasteiger partial charge on any atom is 0.264 e. The van der Waals surface area contributed by atoms with Crippen molar-refractivity contribution in [3.63, 3.8) is 0 Å². The number of rotatable bonds is 8. The number of nitrogens with one attached hydrogen (secondary N) is 1. The Morgan fingerprint density at radius 2 is 1.29 bits per heavy atom. The van der Waals surface area contributed by atoms with Gasteiger partial charge in [0.15, 0.2) is 0 Å². The molecule has 0 aliphatic rings. The van der Waals surface area contributed by atoms with Crippen LogP contribution in [0.25, 0.3) is 0 Å². The minimum atomic E-state index is -3.97. The van der Waals surface area contributed by atoms with Crippen LogP contribution in [0, 0.1) is 13.8 Å². The number of carbonyl (C=O) groups is 1. The van der Waals surface area contributed by atoms with Gasteiger partial charge in [0.1, 0.15) is 6.54 Å². The van der Waals surface area contributed by atoms with E-state index < -0.39 is 22.0 Å². The van der Waals surface area contributed by atoms with Gasteiger partial charge in [-0.3, -0.25) is 9.10 Å². The first-order valence-corrected chi connectivity index (χ1v) is 12.8. The first-order valence-electron chi connectivity index (χ1n) is 11.4. The molecule has 0 aliphatic heterocycles. The fourth-order valence-corrected chi connectivity index (χ4v) is 5.60. The summed E-state index contributed by atoms with van der Waals surface area (Å²) in [5.41, 5.74) is 4.15. The van der Waals surface area contributed by atoms with Crippen LogP contribution in [0.2, 0.25) is 0 Å². The molecular formula is C29H28N2O3S. The summed E-state index contributed by atoms with van der Waals surface area (Å²) in [5.74, 6) is -0.398. The Morgan fingerprint density at radius 1 is 0.743 bits per heavy atom. The standard InChI is InChI=1S/C29H28N2O3S/c1-22-13-9-11-19-26(22)29(24-15-5-3-6-16-24)30-28(32)21-31(27-20-12-10-14-23(27)2)35(33,34)25-17-7-4-8-18-25/h3-20,29H,21H2,1-2H3,(H,30,32)/t29-/m1/s1. The van der Waals surface area contributed by atoms with Crippen molar-refractivity contribution >= 4 is 21.6 Å². The highest BCUT2D eigenvalue weighted by atomic mass is 32.2. The molecule has 4 rings (SSSR count). The van der Waals surface area contributed by atoms with Crippen molar-refractivity contribution in [1.82, 2.24) is 5.32 Å². The number of carbonyl (C=O) groups excluding carboxylic acids is 1. The number of sulfonamides is 1. The second-order valence-corrected chi connectivity index (χ2v) is 10.2. The minimum absolute atomic E-state index is 0.134. The Balaban J connectivity index is 1.71. The molecule has 0 bridgehead atoms. The Bertz CT molecular complexity index is 1400. The number of amides is 1. The number of benzene rings is 4. The van der Waals surface area contributed by atoms with Gasteiger partial charge in [0.25, 0.3) is 10.0 Å². The molecule has 0 saturated carbocycles. The van der Waals surface area contributed by atoms with Gasteiger partial charge in [0.05, 0.1) is 16.6 Å². The highest BCUT2D eigenvalue weighted by molar-refractivity contribution is 7.92. The zero-order chi connectivity index (χ0) is 24.8. The molecule has 1 amide bonds. The zero-order valence-corrected chi connectivity index (χ0v) is 20.6. The lowest BCUT2D eigenvalue weighted by Gasteiger charge is -2.27. The minimum Gasteiger partial charge on any atom is -0.344 e. The van der Waals surface area contributed by atoms with Crippen LogP contribution in [0.5, 0.6) is 0 Å². The summed E-state index contributed by atoms with van der Waals surface area (Å²) in [6.45, 7) is 3.48. The maximum atomic E-state index is 13.6. The normalized spacial score (nSPS) is 12.1. The number of hydrogen-bond donors (Lipinski definition) is 1. The molecule has 1 N–H and O–H groups in total. The van der Waals surface area contributed by atoms with Gasteiger partial charge in [-0.2, -0.15) is 0 Å². The summed E-state index contributed by atoms with van der Waals surface area (Å²) in [6, 6.07) is 32.5. The predicted octanol–water partition coefficient (Wildman–Crippen LogP) is 5.40. The van der Waals surface area contributed by atoms with Crippen molar-refractivity contribution in [2.45, 2.75) is 24.8 Å². The number of anilines is 1. The molecule has 0 spiro atoms. The smallest absolute Gasteiger partial charge is 0.264 e. The molecule has 0 aromatic heterocycles. The van der Waals surface area contributed by atoms with Crippen molar-refractivity contribution in [2.75, 3.05) is 10.8 Å². The van der Waals surface area contributed by atoms with E-state index >= 15 is 0 Å². The molecule has 6 heteroatoms. The van der Waals surface area contributed by atoms with E-state index in [1.165, 1.54) is 4.31 Å². The largest absolute Gasteiger partial charge is 0.344 e. The van der Waals surface area contributed by atoms with Crippen molar-refractivity contribution < 1.29 is 13.2 Å². The van der Waals surface area contributed by atoms with Crippen LogP contribution < -0.4 is 9.62 Å². The molecule has 0 heterocycles. The van der Waals surface area contributed by atoms with Gasteiger partial charge in [-0.15, -0.1) is 0 Å². The number of hydrogen-bond acceptors (Lipinski definition) is 3. The number of nitrogens with zero attached hydrogens (tertiary/aromatic N) is 1. The lowest BCUT2D eigenvalue weighted by atomic mass is 9.95. The molecule has 4 aromatic carbocycles. The Hall–Kier alpha value is -3.90. The summed E-state index contributed by atoms with van der Waals surface area (Å²) < 4.78 is 28.5. The van der Waals surface area contributed by atoms with Crippen molar-refractivity contribution in [3.05, 3.63) is 131 Å². The summed E-state index contributed by atoms with van der Waals surface area (Å²) in [4.78, 5) is 13.6. The SMILES string of the molecule is Cc1ccccc1[C@H](NC(=O)CN(c1ccccc1C)S(=O)(=O)c1ccccc1)c1ccccc1. The third kappa shape index (κ3) is 5.44. The van der Waals surface area contributed by atoms with Gasteiger partial charge in [-0.1, -0.05) is 91.0 Å². The lowest BCUT2D eigenvalue weighted by Crippen LogP contribution is -2.42. The van der Waals surface area contributed by atoms with Crippen LogP contribution in [0.3, 0.4) is 0 Å². The quantitative estimate of drug-likeness (QED) is 0.364. The van der Waals surface area contributed by atoms with Crippen molar-refractivity contribution in [3.8, 4) is 0 Å². The van der Waals surface area contributed by atoms with Crippen molar-refractivity contribution in [1.29, 1.82) is 0 Å². The Morgan fingerprint density at radius 3 is 1.91 bits per heavy atom. The Kier molecular flexibility index (Phi) is 7.32. The van der Waals surface area contributed by atoms with E-state index in [1.807, 2.05) is 80.6 Å². The highest BCUT2D eigenvalue weighted by Crippen LogP contribution is 2.28. The fraction of sp³-hybridized carbons (Fsp3) is 0.138. The molecule has 0 radical (unpaired) electrons. The van der Waals surface area contributed by atoms with Gasteiger partial charge in [0.2, 0.25) is 5.91 Å². The van der Waals surface area contributed by atoms with Crippen LogP contribution in [-0.2, 0) is 14.8 Å². The summed E-state index contributed by atoms with van der Waals surface area (Å²) in [5, 5.41) is 3.09. The van der Waals surface area contributed by atoms with E-state index in [-0.39, 0.29) is 11.4 Å². The molecule has 35 heavy (non-hydrogen) atoms. The van der Waals surface area contributed by atoms with E-state index in [1.54, 1.807) is 42.5 Å². The number of aryl methyl sites for hydroxylation is 2. The number of para-hydroxylation sites is 1. The molecule has 0 aliphatic carbocycles. The molecule has 5 nitrogen and oxygen atoms in total. The Labute approximate surface area is 207 Å². The van der Waals surface area contributed by atoms with Gasteiger partial charge < -0.3 is 5.32 Å². The van der Waals surface area contributed by atoms with E-state index in [9.17, 15) is 13.2 Å². The van der Waals surface area contributed by atoms with E-state index in [4.69, 9.17) is 0 Å². The highest BCUT2D eigenvalue weighted by Gasteiger charge is 2.29. The topological polar surface area (TPSA) is 66.5 Å². The van der Waals surface area contributed by atoms with Gasteiger partial charge in [0, 0.05) is 0 Å². The van der Waals surface area contributed by atoms with E-state index in [0.717, 1.165) is 22.3 Å². The van der Waals surface area contributed by atoms with Crippen LogP contribution in [-0.4, -0.2) is 20.9 Å². The zero-order valence-electron chi connectivity index (χ0n) is 19.8. The molecule has 0 saturated heterocycles. The summed E-state index contributed by atoms with van der Waals surface area (Å²) in [7, 11) is -3.97. The predicted molar refractivity (Wildman–Crippen MR) is 140 cm³/mol. The average Bonchev–Trinajstić information content (AvgIpc) is 2.88. The first-order chi connectivity index (χ1) is 16.9. The van der Waals surface area contributed by atoms with Gasteiger partial charge in [-0.25, -0.2) is 8.42 Å². The average molecular weight is 485 g/mol. The fourth-order valence-electron chi connectivity index (χ4n) is 4.10. The molecule has 0 unspecified atom stereocenters. The second kappa shape index (κ2) is 10.6. The van der Waals surface area contributed by atoms with Crippen LogP contribution in [0.4, 0.5) is 5.69 Å². The van der Waals surface area contributed by atoms with Crippen LogP contribution in [0.15, 0.2) is 114 Å². The van der Waals surface area contributed by atoms with Crippen molar-refractivity contribution in [2.24, 2.45) is 0 Å². The molecule has 178 valence electrons. The second-order valence-electron chi connectivity index (χ2n) is 8.38. The maximum absolute atomic E-state index is 13.6. The van der Waals surface area contributed by atoms with Gasteiger partial charge >= 0.3 is 0 Å². The molecular weight excluding hydrogens is 456 g/mol. The lowest BCUT2D eigenvalue weighted by molar-refractivity contribution is -0.120. The summed E-state index contributed by atoms with van der Waals surface area (Å²) >= 11 is 0. The van der Waals surface area contributed by atoms with E-state index in [0.29, 0.717) is 5.69 Å². The first kappa shape index (κ1) is 24.2. The summed E-state index contributed by atoms with van der Waals surface area (Å²) in [6.07, 6.45) is 0. The monoisotopic (exact) mass is 484 g/mol. The third-order valence-electron chi connectivity index (χ3n) is 5.94. The van der Waals surface area contributed by atoms with E-state index in [2.05, 4.69) is 5.32 Å². The van der Waals surface area contributed by atoms with Crippen LogP contribution in [0.1, 0.15) is 28.3 Å². The van der Waals surface area contributed by atoms with Gasteiger partial charge in [-0.05, 0) is 54.3 Å². The van der Waals surface area contributed by atoms with Crippen LogP contribution >= 0.6 is 0 Å². The third-order valence-corrected chi connectivity index (χ3v) is 7.71. The molecule has 1 atom stereocenters. The molecule has 4 aromatic rings. The molecule has 0 fully saturated rings.